The lowest BCUT2D eigenvalue weighted by Crippen LogP contribution is -2.03. The Labute approximate surface area is 173 Å². The summed E-state index contributed by atoms with van der Waals surface area (Å²) in [6, 6.07) is 24.1. The maximum Gasteiger partial charge on any atom is 0.336 e. The molecule has 0 amide bonds. The van der Waals surface area contributed by atoms with Gasteiger partial charge in [-0.25, -0.2) is 4.79 Å². The van der Waals surface area contributed by atoms with E-state index in [1.54, 1.807) is 36.4 Å². The Kier molecular flexibility index (Phi) is 6.49. The van der Waals surface area contributed by atoms with E-state index in [1.807, 2.05) is 36.4 Å². The van der Waals surface area contributed by atoms with E-state index >= 15 is 0 Å². The van der Waals surface area contributed by atoms with Crippen molar-refractivity contribution in [2.75, 3.05) is 0 Å². The number of nitro benzene ring substituents is 1. The van der Waals surface area contributed by atoms with Gasteiger partial charge in [-0.15, -0.1) is 0 Å². The van der Waals surface area contributed by atoms with Crippen molar-refractivity contribution < 1.29 is 14.5 Å². The number of allylic oxidation sites excluding steroid dienone is 1. The highest BCUT2D eigenvalue weighted by Gasteiger charge is 2.05. The summed E-state index contributed by atoms with van der Waals surface area (Å²) >= 11 is 0. The number of hydrogen-bond acceptors (Lipinski definition) is 5. The molecule has 0 saturated carbocycles. The van der Waals surface area contributed by atoms with Crippen LogP contribution in [0.3, 0.4) is 0 Å². The minimum absolute atomic E-state index is 0.0214. The van der Waals surface area contributed by atoms with Gasteiger partial charge in [0.1, 0.15) is 5.75 Å². The third-order valence-electron chi connectivity index (χ3n) is 4.11. The Bertz CT molecular complexity index is 1160. The molecule has 3 aromatic carbocycles. The van der Waals surface area contributed by atoms with Crippen molar-refractivity contribution in [2.24, 2.45) is 0 Å². The lowest BCUT2D eigenvalue weighted by molar-refractivity contribution is -0.384. The number of esters is 1. The van der Waals surface area contributed by atoms with Gasteiger partial charge in [0.2, 0.25) is 0 Å². The second-order valence-electron chi connectivity index (χ2n) is 6.21. The number of ether oxygens (including phenoxy) is 1. The van der Waals surface area contributed by atoms with Crippen molar-refractivity contribution in [1.29, 1.82) is 5.26 Å². The van der Waals surface area contributed by atoms with E-state index in [2.05, 4.69) is 6.07 Å². The predicted molar refractivity (Wildman–Crippen MR) is 114 cm³/mol. The molecule has 0 aliphatic carbocycles. The van der Waals surface area contributed by atoms with Gasteiger partial charge >= 0.3 is 5.97 Å². The number of non-ortho nitro benzene ring substituents is 1. The fourth-order valence-corrected chi connectivity index (χ4v) is 2.65. The highest BCUT2D eigenvalue weighted by atomic mass is 16.6. The highest BCUT2D eigenvalue weighted by Crippen LogP contribution is 2.21. The first-order valence-corrected chi connectivity index (χ1v) is 8.97. The zero-order chi connectivity index (χ0) is 21.3. The number of nitrogens with zero attached hydrogens (tertiary/aromatic N) is 2. The maximum atomic E-state index is 12.1. The molecule has 0 aliphatic rings. The summed E-state index contributed by atoms with van der Waals surface area (Å²) < 4.78 is 5.31. The second-order valence-corrected chi connectivity index (χ2v) is 6.21. The average molecular weight is 396 g/mol. The Morgan fingerprint density at radius 1 is 0.967 bits per heavy atom. The third-order valence-corrected chi connectivity index (χ3v) is 4.11. The van der Waals surface area contributed by atoms with E-state index in [0.29, 0.717) is 16.9 Å². The summed E-state index contributed by atoms with van der Waals surface area (Å²) in [5.74, 6) is -0.245. The first kappa shape index (κ1) is 20.2. The molecule has 30 heavy (non-hydrogen) atoms. The van der Waals surface area contributed by atoms with Crippen LogP contribution >= 0.6 is 0 Å². The van der Waals surface area contributed by atoms with Crippen LogP contribution in [0.25, 0.3) is 17.7 Å². The number of carbonyl (C=O) groups excluding carboxylic acids is 1. The SMILES string of the molecule is N#C/C(=C/c1cccc(OC(=O)/C=C/c2ccc([N+](=O)[O-])cc2)c1)c1ccccc1. The van der Waals surface area contributed by atoms with E-state index in [1.165, 1.54) is 24.3 Å². The number of nitro groups is 1. The third kappa shape index (κ3) is 5.50. The summed E-state index contributed by atoms with van der Waals surface area (Å²) in [7, 11) is 0. The molecule has 0 atom stereocenters. The molecule has 3 aromatic rings. The van der Waals surface area contributed by atoms with Gasteiger partial charge in [0.15, 0.2) is 0 Å². The smallest absolute Gasteiger partial charge is 0.336 e. The molecule has 0 fully saturated rings. The van der Waals surface area contributed by atoms with Crippen LogP contribution in [-0.2, 0) is 4.79 Å². The number of hydrogen-bond donors (Lipinski definition) is 0. The molecule has 3 rings (SSSR count). The fourth-order valence-electron chi connectivity index (χ4n) is 2.65. The zero-order valence-corrected chi connectivity index (χ0v) is 15.8. The lowest BCUT2D eigenvalue weighted by Gasteiger charge is -2.04. The molecule has 146 valence electrons. The van der Waals surface area contributed by atoms with Crippen molar-refractivity contribution in [3.05, 3.63) is 112 Å². The topological polar surface area (TPSA) is 93.2 Å². The molecule has 6 nitrogen and oxygen atoms in total. The number of rotatable bonds is 6. The van der Waals surface area contributed by atoms with Crippen molar-refractivity contribution in [3.8, 4) is 11.8 Å². The van der Waals surface area contributed by atoms with Crippen LogP contribution in [0.5, 0.6) is 5.75 Å². The molecule has 0 spiro atoms. The van der Waals surface area contributed by atoms with Crippen LogP contribution in [0.2, 0.25) is 0 Å². The van der Waals surface area contributed by atoms with Gasteiger partial charge in [0.25, 0.3) is 5.69 Å². The molecule has 0 unspecified atom stereocenters. The molecule has 0 saturated heterocycles. The van der Waals surface area contributed by atoms with Crippen LogP contribution in [0, 0.1) is 21.4 Å². The van der Waals surface area contributed by atoms with Gasteiger partial charge in [-0.3, -0.25) is 10.1 Å². The molecule has 0 heterocycles. The second kappa shape index (κ2) is 9.62. The van der Waals surface area contributed by atoms with Crippen LogP contribution in [-0.4, -0.2) is 10.9 Å². The molecule has 0 radical (unpaired) electrons. The van der Waals surface area contributed by atoms with E-state index in [0.717, 1.165) is 11.1 Å². The maximum absolute atomic E-state index is 12.1. The van der Waals surface area contributed by atoms with Crippen molar-refractivity contribution in [2.45, 2.75) is 0 Å². The van der Waals surface area contributed by atoms with Gasteiger partial charge in [-0.2, -0.15) is 5.26 Å². The molecular weight excluding hydrogens is 380 g/mol. The monoisotopic (exact) mass is 396 g/mol. The Hall–Kier alpha value is -4.50. The fraction of sp³-hybridized carbons (Fsp3) is 0. The standard InChI is InChI=1S/C24H16N2O4/c25-17-21(20-6-2-1-3-7-20)15-19-5-4-8-23(16-19)30-24(27)14-11-18-9-12-22(13-10-18)26(28)29/h1-16H/b14-11+,21-15-. The Morgan fingerprint density at radius 3 is 2.37 bits per heavy atom. The minimum Gasteiger partial charge on any atom is -0.423 e. The van der Waals surface area contributed by atoms with Crippen LogP contribution in [0.4, 0.5) is 5.69 Å². The molecular formula is C24H16N2O4. The number of nitriles is 1. The molecule has 0 N–H and O–H groups in total. The van der Waals surface area contributed by atoms with E-state index in [-0.39, 0.29) is 5.69 Å². The first-order chi connectivity index (χ1) is 14.5. The van der Waals surface area contributed by atoms with Crippen molar-refractivity contribution in [1.82, 2.24) is 0 Å². The van der Waals surface area contributed by atoms with Crippen molar-refractivity contribution >= 4 is 29.4 Å². The molecule has 0 aromatic heterocycles. The van der Waals surface area contributed by atoms with Gasteiger partial charge in [0.05, 0.1) is 16.6 Å². The normalized spacial score (nSPS) is 11.1. The number of carbonyl (C=O) groups is 1. The van der Waals surface area contributed by atoms with Gasteiger partial charge in [-0.05, 0) is 53.1 Å². The number of benzene rings is 3. The van der Waals surface area contributed by atoms with Crippen LogP contribution in [0.1, 0.15) is 16.7 Å². The molecule has 6 heteroatoms. The summed E-state index contributed by atoms with van der Waals surface area (Å²) in [4.78, 5) is 22.3. The summed E-state index contributed by atoms with van der Waals surface area (Å²) in [6.07, 6.45) is 4.48. The van der Waals surface area contributed by atoms with E-state index in [4.69, 9.17) is 4.74 Å². The highest BCUT2D eigenvalue weighted by molar-refractivity contribution is 5.90. The summed E-state index contributed by atoms with van der Waals surface area (Å²) in [5.41, 5.74) is 2.63. The average Bonchev–Trinajstić information content (AvgIpc) is 2.77. The van der Waals surface area contributed by atoms with Gasteiger partial charge in [-0.1, -0.05) is 42.5 Å². The first-order valence-electron chi connectivity index (χ1n) is 8.97. The van der Waals surface area contributed by atoms with Gasteiger partial charge < -0.3 is 4.74 Å². The van der Waals surface area contributed by atoms with E-state index < -0.39 is 10.9 Å². The van der Waals surface area contributed by atoms with Gasteiger partial charge in [0, 0.05) is 18.2 Å². The molecule has 0 aliphatic heterocycles. The Morgan fingerprint density at radius 2 is 1.70 bits per heavy atom. The predicted octanol–water partition coefficient (Wildman–Crippen LogP) is 5.28. The largest absolute Gasteiger partial charge is 0.423 e. The van der Waals surface area contributed by atoms with Crippen LogP contribution in [0.15, 0.2) is 84.9 Å². The van der Waals surface area contributed by atoms with Crippen LogP contribution < -0.4 is 4.74 Å². The molecule has 0 bridgehead atoms. The van der Waals surface area contributed by atoms with Crippen molar-refractivity contribution in [3.63, 3.8) is 0 Å². The Balaban J connectivity index is 1.70. The lowest BCUT2D eigenvalue weighted by atomic mass is 10.0. The quantitative estimate of drug-likeness (QED) is 0.107. The minimum atomic E-state index is -0.585. The zero-order valence-electron chi connectivity index (χ0n) is 15.8. The van der Waals surface area contributed by atoms with E-state index in [9.17, 15) is 20.2 Å². The summed E-state index contributed by atoms with van der Waals surface area (Å²) in [6.45, 7) is 0. The summed E-state index contributed by atoms with van der Waals surface area (Å²) in [5, 5.41) is 20.1.